The molecule has 1 saturated heterocycles. The highest BCUT2D eigenvalue weighted by atomic mass is 16.5. The second kappa shape index (κ2) is 9.80. The predicted octanol–water partition coefficient (Wildman–Crippen LogP) is 3.77. The van der Waals surface area contributed by atoms with Crippen molar-refractivity contribution in [1.82, 2.24) is 5.32 Å². The van der Waals surface area contributed by atoms with Gasteiger partial charge in [0.25, 0.3) is 0 Å². The first kappa shape index (κ1) is 16.3. The quantitative estimate of drug-likeness (QED) is 0.703. The van der Waals surface area contributed by atoms with Gasteiger partial charge in [-0.1, -0.05) is 31.9 Å². The van der Waals surface area contributed by atoms with Crippen molar-refractivity contribution in [2.45, 2.75) is 45.6 Å². The Balaban J connectivity index is 1.62. The van der Waals surface area contributed by atoms with E-state index in [9.17, 15) is 0 Å². The van der Waals surface area contributed by atoms with Crippen molar-refractivity contribution in [3.8, 4) is 5.75 Å². The molecule has 1 N–H and O–H groups in total. The molecule has 21 heavy (non-hydrogen) atoms. The third kappa shape index (κ3) is 6.49. The molecule has 0 aliphatic carbocycles. The number of nitrogens with one attached hydrogen (secondary N) is 1. The second-order valence-electron chi connectivity index (χ2n) is 5.89. The summed E-state index contributed by atoms with van der Waals surface area (Å²) in [6, 6.07) is 8.48. The van der Waals surface area contributed by atoms with Crippen LogP contribution in [0.4, 0.5) is 0 Å². The lowest BCUT2D eigenvalue weighted by Crippen LogP contribution is -2.27. The normalized spacial score (nSPS) is 16.0. The molecule has 3 nitrogen and oxygen atoms in total. The van der Waals surface area contributed by atoms with Crippen LogP contribution in [-0.2, 0) is 11.3 Å². The van der Waals surface area contributed by atoms with E-state index in [0.29, 0.717) is 0 Å². The summed E-state index contributed by atoms with van der Waals surface area (Å²) in [7, 11) is 0. The van der Waals surface area contributed by atoms with Gasteiger partial charge in [0.2, 0.25) is 0 Å². The summed E-state index contributed by atoms with van der Waals surface area (Å²) in [5.41, 5.74) is 1.32. The third-order valence-electron chi connectivity index (χ3n) is 4.04. The molecule has 0 atom stereocenters. The molecule has 1 aliphatic rings. The zero-order valence-electron chi connectivity index (χ0n) is 13.3. The molecule has 0 spiro atoms. The van der Waals surface area contributed by atoms with E-state index in [0.717, 1.165) is 51.0 Å². The predicted molar refractivity (Wildman–Crippen MR) is 86.7 cm³/mol. The monoisotopic (exact) mass is 291 g/mol. The van der Waals surface area contributed by atoms with Gasteiger partial charge in [-0.25, -0.2) is 0 Å². The van der Waals surface area contributed by atoms with Gasteiger partial charge >= 0.3 is 0 Å². The fourth-order valence-corrected chi connectivity index (χ4v) is 2.62. The van der Waals surface area contributed by atoms with E-state index in [4.69, 9.17) is 9.47 Å². The fourth-order valence-electron chi connectivity index (χ4n) is 2.62. The van der Waals surface area contributed by atoms with Crippen LogP contribution in [0.5, 0.6) is 5.75 Å². The van der Waals surface area contributed by atoms with Crippen LogP contribution in [0.3, 0.4) is 0 Å². The molecule has 1 fully saturated rings. The Morgan fingerprint density at radius 1 is 1.14 bits per heavy atom. The minimum Gasteiger partial charge on any atom is -0.494 e. The molecule has 0 radical (unpaired) electrons. The largest absolute Gasteiger partial charge is 0.494 e. The summed E-state index contributed by atoms with van der Waals surface area (Å²) in [4.78, 5) is 0. The van der Waals surface area contributed by atoms with Gasteiger partial charge in [-0.3, -0.25) is 0 Å². The molecule has 0 aromatic heterocycles. The third-order valence-corrected chi connectivity index (χ3v) is 4.04. The molecule has 1 aliphatic heterocycles. The number of ether oxygens (including phenoxy) is 2. The molecular formula is C18H29NO2. The van der Waals surface area contributed by atoms with Gasteiger partial charge in [0.15, 0.2) is 0 Å². The van der Waals surface area contributed by atoms with Crippen molar-refractivity contribution < 1.29 is 9.47 Å². The van der Waals surface area contributed by atoms with Crippen molar-refractivity contribution in [3.63, 3.8) is 0 Å². The number of unbranched alkanes of at least 4 members (excludes halogenated alkanes) is 2. The Hall–Kier alpha value is -1.06. The SMILES string of the molecule is CCCCCOc1ccc(CNCC2CCOCC2)cc1. The Bertz CT molecular complexity index is 371. The maximum Gasteiger partial charge on any atom is 0.119 e. The highest BCUT2D eigenvalue weighted by molar-refractivity contribution is 5.27. The lowest BCUT2D eigenvalue weighted by molar-refractivity contribution is 0.0662. The molecule has 3 heteroatoms. The molecule has 0 bridgehead atoms. The zero-order chi connectivity index (χ0) is 14.8. The van der Waals surface area contributed by atoms with E-state index in [1.165, 1.54) is 31.2 Å². The molecule has 1 heterocycles. The van der Waals surface area contributed by atoms with Crippen LogP contribution in [-0.4, -0.2) is 26.4 Å². The van der Waals surface area contributed by atoms with Crippen LogP contribution in [0.15, 0.2) is 24.3 Å². The topological polar surface area (TPSA) is 30.5 Å². The lowest BCUT2D eigenvalue weighted by atomic mass is 10.0. The number of benzene rings is 1. The standard InChI is InChI=1S/C18H29NO2/c1-2-3-4-11-21-18-7-5-16(6-8-18)14-19-15-17-9-12-20-13-10-17/h5-8,17,19H,2-4,9-15H2,1H3. The molecule has 0 unspecified atom stereocenters. The van der Waals surface area contributed by atoms with Crippen LogP contribution in [0, 0.1) is 5.92 Å². The highest BCUT2D eigenvalue weighted by Gasteiger charge is 2.12. The van der Waals surface area contributed by atoms with E-state index in [1.807, 2.05) is 0 Å². The second-order valence-corrected chi connectivity index (χ2v) is 5.89. The summed E-state index contributed by atoms with van der Waals surface area (Å²) in [5.74, 6) is 1.76. The van der Waals surface area contributed by atoms with Crippen LogP contribution < -0.4 is 10.1 Å². The number of rotatable bonds is 9. The van der Waals surface area contributed by atoms with E-state index < -0.39 is 0 Å². The zero-order valence-corrected chi connectivity index (χ0v) is 13.3. The Morgan fingerprint density at radius 3 is 2.62 bits per heavy atom. The molecule has 0 saturated carbocycles. The van der Waals surface area contributed by atoms with Gasteiger partial charge < -0.3 is 14.8 Å². The van der Waals surface area contributed by atoms with Crippen molar-refractivity contribution in [1.29, 1.82) is 0 Å². The summed E-state index contributed by atoms with van der Waals surface area (Å²) >= 11 is 0. The van der Waals surface area contributed by atoms with Crippen molar-refractivity contribution in [2.75, 3.05) is 26.4 Å². The van der Waals surface area contributed by atoms with E-state index in [2.05, 4.69) is 36.5 Å². The van der Waals surface area contributed by atoms with Crippen LogP contribution in [0.25, 0.3) is 0 Å². The van der Waals surface area contributed by atoms with Gasteiger partial charge in [-0.15, -0.1) is 0 Å². The lowest BCUT2D eigenvalue weighted by Gasteiger charge is -2.22. The van der Waals surface area contributed by atoms with Crippen molar-refractivity contribution >= 4 is 0 Å². The van der Waals surface area contributed by atoms with Crippen LogP contribution in [0.2, 0.25) is 0 Å². The van der Waals surface area contributed by atoms with Crippen LogP contribution >= 0.6 is 0 Å². The van der Waals surface area contributed by atoms with Crippen LogP contribution in [0.1, 0.15) is 44.6 Å². The molecule has 1 aromatic rings. The highest BCUT2D eigenvalue weighted by Crippen LogP contribution is 2.15. The van der Waals surface area contributed by atoms with Crippen molar-refractivity contribution in [3.05, 3.63) is 29.8 Å². The van der Waals surface area contributed by atoms with Gasteiger partial charge in [0.05, 0.1) is 6.61 Å². The van der Waals surface area contributed by atoms with Gasteiger partial charge in [-0.2, -0.15) is 0 Å². The summed E-state index contributed by atoms with van der Waals surface area (Å²) < 4.78 is 11.1. The van der Waals surface area contributed by atoms with Gasteiger partial charge in [0, 0.05) is 19.8 Å². The van der Waals surface area contributed by atoms with Gasteiger partial charge in [-0.05, 0) is 49.4 Å². The smallest absolute Gasteiger partial charge is 0.119 e. The molecule has 0 amide bonds. The Labute approximate surface area is 129 Å². The number of hydrogen-bond acceptors (Lipinski definition) is 3. The average Bonchev–Trinajstić information content (AvgIpc) is 2.54. The van der Waals surface area contributed by atoms with E-state index in [-0.39, 0.29) is 0 Å². The first-order chi connectivity index (χ1) is 10.4. The van der Waals surface area contributed by atoms with Gasteiger partial charge in [0.1, 0.15) is 5.75 Å². The Morgan fingerprint density at radius 2 is 1.90 bits per heavy atom. The summed E-state index contributed by atoms with van der Waals surface area (Å²) in [6.07, 6.45) is 6.01. The molecule has 1 aromatic carbocycles. The van der Waals surface area contributed by atoms with E-state index >= 15 is 0 Å². The summed E-state index contributed by atoms with van der Waals surface area (Å²) in [5, 5.41) is 3.55. The first-order valence-electron chi connectivity index (χ1n) is 8.38. The molecule has 118 valence electrons. The Kier molecular flexibility index (Phi) is 7.61. The fraction of sp³-hybridized carbons (Fsp3) is 0.667. The summed E-state index contributed by atoms with van der Waals surface area (Å²) in [6.45, 7) is 6.93. The minimum absolute atomic E-state index is 0.778. The number of hydrogen-bond donors (Lipinski definition) is 1. The van der Waals surface area contributed by atoms with E-state index in [1.54, 1.807) is 0 Å². The average molecular weight is 291 g/mol. The minimum atomic E-state index is 0.778. The maximum atomic E-state index is 5.73. The molecule has 2 rings (SSSR count). The van der Waals surface area contributed by atoms with Crippen molar-refractivity contribution in [2.24, 2.45) is 5.92 Å². The maximum absolute atomic E-state index is 5.73. The first-order valence-corrected chi connectivity index (χ1v) is 8.38. The molecular weight excluding hydrogens is 262 g/mol.